The lowest BCUT2D eigenvalue weighted by molar-refractivity contribution is 0.415. The molecule has 3 rings (SSSR count). The predicted molar refractivity (Wildman–Crippen MR) is 81.2 cm³/mol. The lowest BCUT2D eigenvalue weighted by Crippen LogP contribution is -1.87. The van der Waals surface area contributed by atoms with Crippen LogP contribution in [-0.4, -0.2) is 12.1 Å². The molecule has 1 aromatic heterocycles. The molecule has 90 valence electrons. The number of halogens is 2. The van der Waals surface area contributed by atoms with Crippen molar-refractivity contribution in [3.05, 3.63) is 45.3 Å². The van der Waals surface area contributed by atoms with Gasteiger partial charge >= 0.3 is 0 Å². The third-order valence-corrected chi connectivity index (χ3v) is 4.22. The van der Waals surface area contributed by atoms with E-state index < -0.39 is 0 Å². The molecule has 18 heavy (non-hydrogen) atoms. The molecular formula is C14H9Br2NO. The smallest absolute Gasteiger partial charge is 0.119 e. The topological polar surface area (TPSA) is 22.1 Å². The van der Waals surface area contributed by atoms with E-state index in [9.17, 15) is 0 Å². The van der Waals surface area contributed by atoms with Crippen molar-refractivity contribution in [2.75, 3.05) is 7.11 Å². The minimum absolute atomic E-state index is 0.835. The highest BCUT2D eigenvalue weighted by atomic mass is 79.9. The summed E-state index contributed by atoms with van der Waals surface area (Å²) in [5.41, 5.74) is 1.92. The number of aromatic nitrogens is 1. The van der Waals surface area contributed by atoms with Gasteiger partial charge in [0, 0.05) is 19.7 Å². The molecule has 0 aliphatic rings. The second kappa shape index (κ2) is 4.52. The third kappa shape index (κ3) is 1.89. The zero-order chi connectivity index (χ0) is 12.7. The summed E-state index contributed by atoms with van der Waals surface area (Å²) in [5.74, 6) is 0.835. The molecule has 0 radical (unpaired) electrons. The Hall–Kier alpha value is -1.13. The van der Waals surface area contributed by atoms with Crippen LogP contribution in [0.5, 0.6) is 5.75 Å². The van der Waals surface area contributed by atoms with Crippen molar-refractivity contribution in [2.24, 2.45) is 0 Å². The molecule has 0 N–H and O–H groups in total. The van der Waals surface area contributed by atoms with Crippen LogP contribution in [0.4, 0.5) is 0 Å². The van der Waals surface area contributed by atoms with Crippen molar-refractivity contribution >= 4 is 53.7 Å². The number of ether oxygens (including phenoxy) is 1. The first-order valence-corrected chi connectivity index (χ1v) is 7.00. The number of hydrogen-bond acceptors (Lipinski definition) is 2. The van der Waals surface area contributed by atoms with Crippen LogP contribution >= 0.6 is 31.9 Å². The molecule has 1 heterocycles. The third-order valence-electron chi connectivity index (χ3n) is 2.88. The molecule has 0 unspecified atom stereocenters. The van der Waals surface area contributed by atoms with Gasteiger partial charge in [0.1, 0.15) is 5.75 Å². The van der Waals surface area contributed by atoms with Crippen molar-refractivity contribution < 1.29 is 4.74 Å². The maximum atomic E-state index is 5.25. The van der Waals surface area contributed by atoms with E-state index in [0.717, 1.165) is 36.5 Å². The van der Waals surface area contributed by atoms with Gasteiger partial charge in [0.15, 0.2) is 0 Å². The Labute approximate surface area is 121 Å². The van der Waals surface area contributed by atoms with Gasteiger partial charge in [0.25, 0.3) is 0 Å². The summed E-state index contributed by atoms with van der Waals surface area (Å²) in [7, 11) is 1.67. The highest BCUT2D eigenvalue weighted by Gasteiger charge is 2.08. The van der Waals surface area contributed by atoms with Crippen molar-refractivity contribution in [1.29, 1.82) is 0 Å². The van der Waals surface area contributed by atoms with Gasteiger partial charge in [-0.3, -0.25) is 0 Å². The van der Waals surface area contributed by atoms with Crippen LogP contribution in [0.2, 0.25) is 0 Å². The minimum atomic E-state index is 0.835. The fourth-order valence-electron chi connectivity index (χ4n) is 1.97. The Morgan fingerprint density at radius 1 is 0.944 bits per heavy atom. The number of hydrogen-bond donors (Lipinski definition) is 0. The van der Waals surface area contributed by atoms with E-state index in [-0.39, 0.29) is 0 Å². The largest absolute Gasteiger partial charge is 0.497 e. The molecule has 0 spiro atoms. The van der Waals surface area contributed by atoms with E-state index >= 15 is 0 Å². The quantitative estimate of drug-likeness (QED) is 0.570. The van der Waals surface area contributed by atoms with E-state index in [1.165, 1.54) is 0 Å². The van der Waals surface area contributed by atoms with Crippen LogP contribution in [0.3, 0.4) is 0 Å². The normalized spacial score (nSPS) is 11.1. The summed E-state index contributed by atoms with van der Waals surface area (Å²) in [6.07, 6.45) is 0. The molecule has 3 aromatic rings. The molecule has 4 heteroatoms. The zero-order valence-corrected chi connectivity index (χ0v) is 12.7. The van der Waals surface area contributed by atoms with Crippen LogP contribution < -0.4 is 4.74 Å². The monoisotopic (exact) mass is 365 g/mol. The summed E-state index contributed by atoms with van der Waals surface area (Å²) in [6, 6.07) is 12.0. The summed E-state index contributed by atoms with van der Waals surface area (Å²) in [6.45, 7) is 0. The van der Waals surface area contributed by atoms with Crippen LogP contribution in [0.1, 0.15) is 0 Å². The Bertz CT molecular complexity index is 755. The van der Waals surface area contributed by atoms with Gasteiger partial charge < -0.3 is 4.74 Å². The average molecular weight is 367 g/mol. The maximum absolute atomic E-state index is 5.25. The second-order valence-corrected chi connectivity index (χ2v) is 5.68. The van der Waals surface area contributed by atoms with E-state index in [0.29, 0.717) is 0 Å². The van der Waals surface area contributed by atoms with Gasteiger partial charge in [-0.1, -0.05) is 22.0 Å². The molecule has 2 aromatic carbocycles. The summed E-state index contributed by atoms with van der Waals surface area (Å²) < 4.78 is 7.33. The van der Waals surface area contributed by atoms with Crippen molar-refractivity contribution in [2.45, 2.75) is 0 Å². The molecule has 0 fully saturated rings. The van der Waals surface area contributed by atoms with Gasteiger partial charge in [-0.15, -0.1) is 0 Å². The fraction of sp³-hybridized carbons (Fsp3) is 0.0714. The molecule has 2 nitrogen and oxygen atoms in total. The number of benzene rings is 2. The molecule has 0 aliphatic carbocycles. The Kier molecular flexibility index (Phi) is 2.99. The number of methoxy groups -OCH3 is 1. The van der Waals surface area contributed by atoms with Gasteiger partial charge in [-0.25, -0.2) is 4.98 Å². The molecule has 0 amide bonds. The van der Waals surface area contributed by atoms with Crippen LogP contribution in [-0.2, 0) is 0 Å². The van der Waals surface area contributed by atoms with Gasteiger partial charge in [-0.05, 0) is 46.3 Å². The fourth-order valence-corrected chi connectivity index (χ4v) is 2.98. The summed E-state index contributed by atoms with van der Waals surface area (Å²) >= 11 is 7.13. The van der Waals surface area contributed by atoms with Crippen LogP contribution in [0.15, 0.2) is 45.3 Å². The average Bonchev–Trinajstić information content (AvgIpc) is 2.38. The van der Waals surface area contributed by atoms with Crippen LogP contribution in [0.25, 0.3) is 21.8 Å². The zero-order valence-electron chi connectivity index (χ0n) is 9.58. The molecule has 0 bridgehead atoms. The maximum Gasteiger partial charge on any atom is 0.119 e. The van der Waals surface area contributed by atoms with Crippen molar-refractivity contribution in [1.82, 2.24) is 4.98 Å². The molecule has 0 aliphatic heterocycles. The van der Waals surface area contributed by atoms with Crippen LogP contribution in [0, 0.1) is 0 Å². The number of rotatable bonds is 1. The molecular weight excluding hydrogens is 358 g/mol. The predicted octanol–water partition coefficient (Wildman–Crippen LogP) is 4.92. The number of nitrogens with zero attached hydrogens (tertiary/aromatic N) is 1. The standard InChI is InChI=1S/C14H9Br2NO/c1-18-9-3-5-12-11(7-9)14(16)10-4-2-8(15)6-13(10)17-12/h2-7H,1H3. The molecule has 0 saturated heterocycles. The Balaban J connectivity index is 2.44. The number of fused-ring (bicyclic) bond motifs is 2. The lowest BCUT2D eigenvalue weighted by atomic mass is 10.1. The Morgan fingerprint density at radius 2 is 1.78 bits per heavy atom. The first-order chi connectivity index (χ1) is 8.69. The van der Waals surface area contributed by atoms with Gasteiger partial charge in [0.2, 0.25) is 0 Å². The summed E-state index contributed by atoms with van der Waals surface area (Å²) in [5, 5.41) is 2.16. The van der Waals surface area contributed by atoms with E-state index in [1.54, 1.807) is 7.11 Å². The van der Waals surface area contributed by atoms with E-state index in [4.69, 9.17) is 4.74 Å². The van der Waals surface area contributed by atoms with E-state index in [2.05, 4.69) is 42.9 Å². The SMILES string of the molecule is COc1ccc2nc3cc(Br)ccc3c(Br)c2c1. The van der Waals surface area contributed by atoms with Gasteiger partial charge in [0.05, 0.1) is 18.1 Å². The highest BCUT2D eigenvalue weighted by Crippen LogP contribution is 2.33. The van der Waals surface area contributed by atoms with Crippen molar-refractivity contribution in [3.63, 3.8) is 0 Å². The molecule has 0 saturated carbocycles. The Morgan fingerprint density at radius 3 is 2.56 bits per heavy atom. The first-order valence-electron chi connectivity index (χ1n) is 5.41. The highest BCUT2D eigenvalue weighted by molar-refractivity contribution is 9.11. The lowest BCUT2D eigenvalue weighted by Gasteiger charge is -2.07. The molecule has 0 atom stereocenters. The second-order valence-electron chi connectivity index (χ2n) is 3.97. The van der Waals surface area contributed by atoms with E-state index in [1.807, 2.05) is 30.3 Å². The van der Waals surface area contributed by atoms with Gasteiger partial charge in [-0.2, -0.15) is 0 Å². The number of pyridine rings is 1. The summed E-state index contributed by atoms with van der Waals surface area (Å²) in [4.78, 5) is 4.66. The minimum Gasteiger partial charge on any atom is -0.497 e. The first kappa shape index (κ1) is 11.9. The van der Waals surface area contributed by atoms with Crippen molar-refractivity contribution in [3.8, 4) is 5.75 Å².